The molecule has 0 radical (unpaired) electrons. The van der Waals surface area contributed by atoms with Gasteiger partial charge in [0.05, 0.1) is 14.2 Å². The Morgan fingerprint density at radius 1 is 1.05 bits per heavy atom. The molecular weight excluding hydrogens is 242 g/mol. The molecule has 4 nitrogen and oxygen atoms in total. The van der Waals surface area contributed by atoms with Gasteiger partial charge in [-0.3, -0.25) is 4.79 Å². The predicted molar refractivity (Wildman–Crippen MR) is 73.8 cm³/mol. The predicted octanol–water partition coefficient (Wildman–Crippen LogP) is 2.23. The molecule has 1 heterocycles. The second-order valence-corrected chi connectivity index (χ2v) is 4.96. The van der Waals surface area contributed by atoms with Gasteiger partial charge in [-0.05, 0) is 37.0 Å². The third kappa shape index (κ3) is 2.15. The van der Waals surface area contributed by atoms with Crippen molar-refractivity contribution < 1.29 is 14.3 Å². The molecule has 0 bridgehead atoms. The standard InChI is InChI=1S/C15H21NO3/c1-9-12-6-7-16(11(3)17)8-13(12)10(2)15(19-5)14(9)18-4/h6-8H2,1-5H3. The minimum atomic E-state index is 0.123. The van der Waals surface area contributed by atoms with E-state index in [4.69, 9.17) is 9.47 Å². The third-order valence-corrected chi connectivity index (χ3v) is 3.99. The number of ether oxygens (including phenoxy) is 2. The van der Waals surface area contributed by atoms with Crippen LogP contribution >= 0.6 is 0 Å². The Hall–Kier alpha value is -1.71. The summed E-state index contributed by atoms with van der Waals surface area (Å²) in [7, 11) is 3.32. The minimum absolute atomic E-state index is 0.123. The fourth-order valence-electron chi connectivity index (χ4n) is 2.90. The molecular formula is C15H21NO3. The normalized spacial score (nSPS) is 14.1. The molecule has 1 aromatic carbocycles. The van der Waals surface area contributed by atoms with Gasteiger partial charge in [0.2, 0.25) is 5.91 Å². The Morgan fingerprint density at radius 2 is 1.58 bits per heavy atom. The zero-order valence-electron chi connectivity index (χ0n) is 12.3. The number of carbonyl (C=O) groups excluding carboxylic acids is 1. The Morgan fingerprint density at radius 3 is 2.05 bits per heavy atom. The van der Waals surface area contributed by atoms with Crippen LogP contribution in [0.5, 0.6) is 11.5 Å². The van der Waals surface area contributed by atoms with Gasteiger partial charge in [-0.25, -0.2) is 0 Å². The molecule has 0 saturated carbocycles. The molecule has 0 unspecified atom stereocenters. The molecule has 2 rings (SSSR count). The van der Waals surface area contributed by atoms with Crippen molar-refractivity contribution in [2.24, 2.45) is 0 Å². The number of nitrogens with zero attached hydrogens (tertiary/aromatic N) is 1. The summed E-state index contributed by atoms with van der Waals surface area (Å²) in [6.45, 7) is 7.15. The van der Waals surface area contributed by atoms with Crippen molar-refractivity contribution in [2.45, 2.75) is 33.7 Å². The number of hydrogen-bond donors (Lipinski definition) is 0. The van der Waals surface area contributed by atoms with Gasteiger partial charge in [0, 0.05) is 25.6 Å². The van der Waals surface area contributed by atoms with E-state index in [0.29, 0.717) is 6.54 Å². The number of methoxy groups -OCH3 is 2. The van der Waals surface area contributed by atoms with Crippen molar-refractivity contribution in [1.82, 2.24) is 4.90 Å². The van der Waals surface area contributed by atoms with E-state index in [-0.39, 0.29) is 5.91 Å². The number of fused-ring (bicyclic) bond motifs is 1. The quantitative estimate of drug-likeness (QED) is 0.821. The molecule has 0 aromatic heterocycles. The highest BCUT2D eigenvalue weighted by Gasteiger charge is 2.26. The average Bonchev–Trinajstić information content (AvgIpc) is 2.41. The van der Waals surface area contributed by atoms with Crippen LogP contribution in [0.4, 0.5) is 0 Å². The molecule has 1 aliphatic rings. The maximum atomic E-state index is 11.6. The summed E-state index contributed by atoms with van der Waals surface area (Å²) < 4.78 is 11.0. The monoisotopic (exact) mass is 263 g/mol. The van der Waals surface area contributed by atoms with E-state index >= 15 is 0 Å². The first-order valence-electron chi connectivity index (χ1n) is 6.49. The van der Waals surface area contributed by atoms with Gasteiger partial charge in [-0.15, -0.1) is 0 Å². The van der Waals surface area contributed by atoms with Crippen molar-refractivity contribution in [3.8, 4) is 11.5 Å². The molecule has 4 heteroatoms. The summed E-state index contributed by atoms with van der Waals surface area (Å²) >= 11 is 0. The van der Waals surface area contributed by atoms with Crippen LogP contribution < -0.4 is 9.47 Å². The Balaban J connectivity index is 2.58. The molecule has 19 heavy (non-hydrogen) atoms. The van der Waals surface area contributed by atoms with Gasteiger partial charge in [0.15, 0.2) is 11.5 Å². The van der Waals surface area contributed by atoms with E-state index in [0.717, 1.165) is 35.6 Å². The fourth-order valence-corrected chi connectivity index (χ4v) is 2.90. The summed E-state index contributed by atoms with van der Waals surface area (Å²) in [5.74, 6) is 1.72. The van der Waals surface area contributed by atoms with Crippen LogP contribution in [-0.2, 0) is 17.8 Å². The maximum Gasteiger partial charge on any atom is 0.219 e. The lowest BCUT2D eigenvalue weighted by atomic mass is 9.90. The van der Waals surface area contributed by atoms with E-state index in [9.17, 15) is 4.79 Å². The van der Waals surface area contributed by atoms with Gasteiger partial charge in [0.1, 0.15) is 0 Å². The van der Waals surface area contributed by atoms with Crippen molar-refractivity contribution >= 4 is 5.91 Å². The Bertz CT molecular complexity index is 523. The average molecular weight is 263 g/mol. The number of amides is 1. The van der Waals surface area contributed by atoms with E-state index in [1.165, 1.54) is 11.1 Å². The van der Waals surface area contributed by atoms with Crippen LogP contribution in [0, 0.1) is 13.8 Å². The van der Waals surface area contributed by atoms with E-state index in [1.54, 1.807) is 21.1 Å². The van der Waals surface area contributed by atoms with Crippen LogP contribution in [-0.4, -0.2) is 31.6 Å². The van der Waals surface area contributed by atoms with Gasteiger partial charge in [-0.1, -0.05) is 0 Å². The van der Waals surface area contributed by atoms with Gasteiger partial charge in [0.25, 0.3) is 0 Å². The molecule has 104 valence electrons. The molecule has 0 spiro atoms. The number of rotatable bonds is 2. The summed E-state index contributed by atoms with van der Waals surface area (Å²) in [5, 5.41) is 0. The zero-order valence-corrected chi connectivity index (χ0v) is 12.3. The summed E-state index contributed by atoms with van der Waals surface area (Å²) in [6.07, 6.45) is 0.877. The summed E-state index contributed by atoms with van der Waals surface area (Å²) in [4.78, 5) is 13.4. The van der Waals surface area contributed by atoms with Crippen LogP contribution in [0.3, 0.4) is 0 Å². The molecule has 1 amide bonds. The minimum Gasteiger partial charge on any atom is -0.493 e. The van der Waals surface area contributed by atoms with Crippen molar-refractivity contribution in [2.75, 3.05) is 20.8 Å². The number of hydrogen-bond acceptors (Lipinski definition) is 3. The largest absolute Gasteiger partial charge is 0.493 e. The highest BCUT2D eigenvalue weighted by Crippen LogP contribution is 2.41. The molecule has 0 fully saturated rings. The van der Waals surface area contributed by atoms with Crippen molar-refractivity contribution in [3.63, 3.8) is 0 Å². The summed E-state index contributed by atoms with van der Waals surface area (Å²) in [5.41, 5.74) is 4.71. The third-order valence-electron chi connectivity index (χ3n) is 3.99. The smallest absolute Gasteiger partial charge is 0.219 e. The Kier molecular flexibility index (Phi) is 3.69. The highest BCUT2D eigenvalue weighted by atomic mass is 16.5. The second kappa shape index (κ2) is 5.11. The molecule has 0 saturated heterocycles. The van der Waals surface area contributed by atoms with Crippen molar-refractivity contribution in [1.29, 1.82) is 0 Å². The lowest BCUT2D eigenvalue weighted by Crippen LogP contribution is -2.35. The van der Waals surface area contributed by atoms with Crippen molar-refractivity contribution in [3.05, 3.63) is 22.3 Å². The lowest BCUT2D eigenvalue weighted by Gasteiger charge is -2.32. The zero-order chi connectivity index (χ0) is 14.2. The summed E-state index contributed by atoms with van der Waals surface area (Å²) in [6, 6.07) is 0. The van der Waals surface area contributed by atoms with Gasteiger partial charge >= 0.3 is 0 Å². The molecule has 0 atom stereocenters. The lowest BCUT2D eigenvalue weighted by molar-refractivity contribution is -0.129. The van der Waals surface area contributed by atoms with Crippen LogP contribution in [0.15, 0.2) is 0 Å². The maximum absolute atomic E-state index is 11.6. The first kappa shape index (κ1) is 13.7. The first-order chi connectivity index (χ1) is 9.01. The van der Waals surface area contributed by atoms with Gasteiger partial charge in [-0.2, -0.15) is 0 Å². The van der Waals surface area contributed by atoms with E-state index in [1.807, 2.05) is 11.8 Å². The van der Waals surface area contributed by atoms with Crippen LogP contribution in [0.25, 0.3) is 0 Å². The van der Waals surface area contributed by atoms with Gasteiger partial charge < -0.3 is 14.4 Å². The molecule has 1 aromatic rings. The second-order valence-electron chi connectivity index (χ2n) is 4.96. The molecule has 0 aliphatic carbocycles. The topological polar surface area (TPSA) is 38.8 Å². The fraction of sp³-hybridized carbons (Fsp3) is 0.533. The SMILES string of the molecule is COc1c(C)c2c(c(C)c1OC)CN(C(C)=O)CC2. The van der Waals surface area contributed by atoms with Crippen LogP contribution in [0.1, 0.15) is 29.2 Å². The van der Waals surface area contributed by atoms with E-state index in [2.05, 4.69) is 6.92 Å². The number of carbonyl (C=O) groups is 1. The molecule has 0 N–H and O–H groups in total. The Labute approximate surface area is 114 Å². The van der Waals surface area contributed by atoms with E-state index < -0.39 is 0 Å². The molecule has 1 aliphatic heterocycles. The van der Waals surface area contributed by atoms with Crippen LogP contribution in [0.2, 0.25) is 0 Å². The first-order valence-corrected chi connectivity index (χ1v) is 6.49. The highest BCUT2D eigenvalue weighted by molar-refractivity contribution is 5.74. The number of benzene rings is 1.